The molecule has 2 aromatic carbocycles. The first-order valence-corrected chi connectivity index (χ1v) is 22.7. The van der Waals surface area contributed by atoms with Crippen LogP contribution in [0.25, 0.3) is 5.57 Å². The third-order valence-electron chi connectivity index (χ3n) is 11.5. The molecule has 2 fully saturated rings. The second-order valence-corrected chi connectivity index (χ2v) is 16.4. The molecule has 1 aromatic heterocycles. The fraction of sp³-hybridized carbons (Fsp3) is 0.522. The van der Waals surface area contributed by atoms with E-state index in [0.717, 1.165) is 47.2 Å². The molecule has 1 aliphatic carbocycles. The van der Waals surface area contributed by atoms with Crippen LogP contribution in [0.2, 0.25) is 5.02 Å². The number of aliphatic hydroxyl groups is 1. The van der Waals surface area contributed by atoms with Crippen LogP contribution in [-0.2, 0) is 46.3 Å². The van der Waals surface area contributed by atoms with Crippen molar-refractivity contribution in [2.75, 3.05) is 92.9 Å². The van der Waals surface area contributed by atoms with Gasteiger partial charge in [0.05, 0.1) is 58.3 Å². The van der Waals surface area contributed by atoms with Gasteiger partial charge < -0.3 is 52.9 Å². The van der Waals surface area contributed by atoms with Crippen molar-refractivity contribution in [1.29, 1.82) is 0 Å². The molecule has 3 heterocycles. The monoisotopic (exact) mass is 975 g/mol. The topological polar surface area (TPSA) is 211 Å². The third-order valence-corrected chi connectivity index (χ3v) is 11.8. The second-order valence-electron chi connectivity index (χ2n) is 16.0. The molecule has 2 aliphatic heterocycles. The zero-order valence-corrected chi connectivity index (χ0v) is 38.7. The van der Waals surface area contributed by atoms with Crippen molar-refractivity contribution in [2.24, 2.45) is 0 Å². The van der Waals surface area contributed by atoms with E-state index in [2.05, 4.69) is 9.82 Å². The molecule has 0 radical (unpaired) electrons. The zero-order chi connectivity index (χ0) is 48.6. The number of hydrogen-bond acceptors (Lipinski definition) is 15. The lowest BCUT2D eigenvalue weighted by Crippen LogP contribution is -2.65. The fourth-order valence-corrected chi connectivity index (χ4v) is 8.21. The molecule has 0 spiro atoms. The maximum Gasteiger partial charge on any atom is 0.410 e. The number of carbonyl (C=O) groups excluding carboxylic acids is 3. The summed E-state index contributed by atoms with van der Waals surface area (Å²) in [6.07, 6.45) is 2.80. The van der Waals surface area contributed by atoms with E-state index >= 15 is 4.79 Å². The normalized spacial score (nSPS) is 16.6. The van der Waals surface area contributed by atoms with Crippen molar-refractivity contribution in [3.63, 3.8) is 0 Å². The Morgan fingerprint density at radius 2 is 1.59 bits per heavy atom. The number of halogens is 3. The zero-order valence-electron chi connectivity index (χ0n) is 37.9. The summed E-state index contributed by atoms with van der Waals surface area (Å²) in [4.78, 5) is 67.2. The minimum atomic E-state index is -1.00. The van der Waals surface area contributed by atoms with E-state index in [-0.39, 0.29) is 110 Å². The predicted molar refractivity (Wildman–Crippen MR) is 238 cm³/mol. The lowest BCUT2D eigenvalue weighted by Gasteiger charge is -2.50. The summed E-state index contributed by atoms with van der Waals surface area (Å²) in [7, 11) is 1.57. The highest BCUT2D eigenvalue weighted by atomic mass is 35.5. The van der Waals surface area contributed by atoms with Crippen LogP contribution in [0.15, 0.2) is 54.2 Å². The molecule has 19 nitrogen and oxygen atoms in total. The summed E-state index contributed by atoms with van der Waals surface area (Å²) in [6.45, 7) is 1.75. The lowest BCUT2D eigenvalue weighted by molar-refractivity contribution is -0.758. The Kier molecular flexibility index (Phi) is 19.3. The highest BCUT2D eigenvalue weighted by molar-refractivity contribution is 6.32. The number of rotatable bonds is 26. The van der Waals surface area contributed by atoms with Gasteiger partial charge in [0.15, 0.2) is 11.6 Å². The molecule has 22 heteroatoms. The number of methoxy groups -OCH3 is 1. The van der Waals surface area contributed by atoms with Gasteiger partial charge in [-0.25, -0.2) is 23.4 Å². The highest BCUT2D eigenvalue weighted by Gasteiger charge is 2.50. The van der Waals surface area contributed by atoms with Crippen LogP contribution in [-0.4, -0.2) is 159 Å². The lowest BCUT2D eigenvalue weighted by atomic mass is 9.81. The minimum Gasteiger partial charge on any atom is -0.489 e. The minimum absolute atomic E-state index is 0.0207. The maximum absolute atomic E-state index is 15.5. The molecule has 1 N–H and O–H groups in total. The number of aromatic nitrogens is 1. The van der Waals surface area contributed by atoms with E-state index in [9.17, 15) is 28.5 Å². The number of fused-ring (bicyclic) bond motifs is 2. The molecule has 370 valence electrons. The number of aryl methyl sites for hydroxylation is 1. The number of piperazine rings is 1. The first-order valence-electron chi connectivity index (χ1n) is 22.3. The molecule has 3 amide bonds. The van der Waals surface area contributed by atoms with E-state index in [4.69, 9.17) is 49.9 Å². The first-order chi connectivity index (χ1) is 32.9. The Labute approximate surface area is 396 Å². The van der Waals surface area contributed by atoms with Crippen molar-refractivity contribution in [2.45, 2.75) is 63.7 Å². The first kappa shape index (κ1) is 51.5. The standard InChI is InChI=1S/C46H56ClF2N5O14/c1-30-33(13-14-50-43(30)65-22-18-61-2)27-52(34-9-10-34)44(56)40-36(32-7-5-31(6-8-32)4-3-16-64-42-38(49)12-11-37(48)41(42)47)26-35-28-51(45(57)66-23-20-63-21-25-68-54(59)60)29-39(40)53(35)46(58)67-24-19-62-17-15-55/h5-8,11-14,34-35,39,55H,3-4,9-10,15-29H2,1-2H3. The molecule has 3 aromatic rings. The van der Waals surface area contributed by atoms with Crippen molar-refractivity contribution in [1.82, 2.24) is 19.7 Å². The Balaban J connectivity index is 1.30. The van der Waals surface area contributed by atoms with Crippen molar-refractivity contribution in [3.8, 4) is 11.6 Å². The van der Waals surface area contributed by atoms with E-state index in [1.165, 1.54) is 9.80 Å². The molecule has 6 rings (SSSR count). The van der Waals surface area contributed by atoms with Gasteiger partial charge in [-0.1, -0.05) is 35.9 Å². The van der Waals surface area contributed by atoms with Crippen molar-refractivity contribution < 1.29 is 71.4 Å². The average molecular weight is 976 g/mol. The number of aliphatic hydroxyl groups excluding tert-OH is 1. The number of carbonyl (C=O) groups is 3. The second kappa shape index (κ2) is 25.5. The van der Waals surface area contributed by atoms with Gasteiger partial charge in [-0.05, 0) is 79.5 Å². The number of benzene rings is 2. The summed E-state index contributed by atoms with van der Waals surface area (Å²) >= 11 is 5.93. The van der Waals surface area contributed by atoms with Crippen molar-refractivity contribution in [3.05, 3.63) is 103 Å². The maximum atomic E-state index is 15.5. The van der Waals surface area contributed by atoms with E-state index in [1.807, 2.05) is 37.3 Å². The van der Waals surface area contributed by atoms with Gasteiger partial charge in [0.1, 0.15) is 37.3 Å². The van der Waals surface area contributed by atoms with Crippen LogP contribution < -0.4 is 9.47 Å². The molecule has 1 saturated carbocycles. The Bertz CT molecular complexity index is 2240. The van der Waals surface area contributed by atoms with Crippen LogP contribution in [0.5, 0.6) is 11.6 Å². The molecule has 2 bridgehead atoms. The number of pyridine rings is 1. The molecule has 2 unspecified atom stereocenters. The quantitative estimate of drug-likeness (QED) is 0.0451. The van der Waals surface area contributed by atoms with E-state index in [1.54, 1.807) is 18.2 Å². The number of amides is 3. The van der Waals surface area contributed by atoms with E-state index < -0.39 is 46.0 Å². The SMILES string of the molecule is COCCOc1nccc(CN(C(=O)C2=C(c3ccc(CCCOc4c(F)ccc(F)c4Cl)cc3)CC3CN(C(=O)OCCOCCO[N+](=O)[O-])CC2N3C(=O)OCCOCCO)C2CC2)c1C. The van der Waals surface area contributed by atoms with Crippen molar-refractivity contribution >= 4 is 35.3 Å². The number of nitrogens with zero attached hydrogens (tertiary/aromatic N) is 5. The van der Waals surface area contributed by atoms with Crippen LogP contribution in [0, 0.1) is 28.7 Å². The van der Waals surface area contributed by atoms with Gasteiger partial charge in [-0.2, -0.15) is 0 Å². The number of hydrogen-bond donors (Lipinski definition) is 1. The predicted octanol–water partition coefficient (Wildman–Crippen LogP) is 5.57. The van der Waals surface area contributed by atoms with Crippen LogP contribution in [0.1, 0.15) is 47.9 Å². The molecule has 1 saturated heterocycles. The fourth-order valence-electron chi connectivity index (χ4n) is 8.01. The summed E-state index contributed by atoms with van der Waals surface area (Å²) in [5, 5.41) is 18.2. The Morgan fingerprint density at radius 1 is 0.882 bits per heavy atom. The molecule has 2 atom stereocenters. The van der Waals surface area contributed by atoms with Gasteiger partial charge in [0.2, 0.25) is 5.88 Å². The molecular formula is C46H56ClF2N5O14. The van der Waals surface area contributed by atoms with Gasteiger partial charge in [0.25, 0.3) is 11.0 Å². The Morgan fingerprint density at radius 3 is 2.29 bits per heavy atom. The largest absolute Gasteiger partial charge is 0.489 e. The van der Waals surface area contributed by atoms with Gasteiger partial charge in [0, 0.05) is 50.1 Å². The molecular weight excluding hydrogens is 920 g/mol. The van der Waals surface area contributed by atoms with Gasteiger partial charge in [-0.15, -0.1) is 10.1 Å². The van der Waals surface area contributed by atoms with Crippen LogP contribution in [0.3, 0.4) is 0 Å². The summed E-state index contributed by atoms with van der Waals surface area (Å²) in [5.74, 6) is -1.84. The van der Waals surface area contributed by atoms with Gasteiger partial charge in [-0.3, -0.25) is 9.69 Å². The summed E-state index contributed by atoms with van der Waals surface area (Å²) in [6, 6.07) is 9.51. The third kappa shape index (κ3) is 13.9. The summed E-state index contributed by atoms with van der Waals surface area (Å²) < 4.78 is 66.6. The summed E-state index contributed by atoms with van der Waals surface area (Å²) in [5.41, 5.74) is 4.17. The van der Waals surface area contributed by atoms with Crippen LogP contribution >= 0.6 is 11.6 Å². The average Bonchev–Trinajstić information content (AvgIpc) is 4.17. The molecule has 68 heavy (non-hydrogen) atoms. The highest BCUT2D eigenvalue weighted by Crippen LogP contribution is 2.42. The number of ether oxygens (including phenoxy) is 7. The smallest absolute Gasteiger partial charge is 0.410 e. The van der Waals surface area contributed by atoms with Crippen LogP contribution in [0.4, 0.5) is 18.4 Å². The Hall–Kier alpha value is -5.87. The van der Waals surface area contributed by atoms with E-state index in [0.29, 0.717) is 36.5 Å². The molecule has 3 aliphatic rings. The van der Waals surface area contributed by atoms with Gasteiger partial charge >= 0.3 is 12.2 Å².